The van der Waals surface area contributed by atoms with Gasteiger partial charge in [-0.15, -0.1) is 0 Å². The minimum absolute atomic E-state index is 0.0574. The molecule has 0 aliphatic heterocycles. The second-order valence-electron chi connectivity index (χ2n) is 4.24. The van der Waals surface area contributed by atoms with Gasteiger partial charge in [-0.1, -0.05) is 28.9 Å². The van der Waals surface area contributed by atoms with E-state index in [1.54, 1.807) is 30.3 Å². The van der Waals surface area contributed by atoms with Crippen LogP contribution in [0.15, 0.2) is 46.0 Å². The Morgan fingerprint density at radius 2 is 2.14 bits per heavy atom. The van der Waals surface area contributed by atoms with E-state index in [4.69, 9.17) is 22.5 Å². The topological polar surface area (TPSA) is 70.6 Å². The van der Waals surface area contributed by atoms with Gasteiger partial charge in [0.25, 0.3) is 0 Å². The maximum absolute atomic E-state index is 14.2. The summed E-state index contributed by atoms with van der Waals surface area (Å²) in [5.74, 6) is -0.795. The summed E-state index contributed by atoms with van der Waals surface area (Å²) in [6.45, 7) is 0.233. The number of nitrogens with zero attached hydrogens (tertiary/aromatic N) is 1. The van der Waals surface area contributed by atoms with E-state index in [-0.39, 0.29) is 17.9 Å². The average Bonchev–Trinajstić information content (AvgIpc) is 2.48. The van der Waals surface area contributed by atoms with Crippen molar-refractivity contribution in [1.29, 1.82) is 0 Å². The molecule has 0 heterocycles. The van der Waals surface area contributed by atoms with Crippen LogP contribution < -0.4 is 11.1 Å². The fraction of sp³-hybridized carbons (Fsp3) is 0.0714. The van der Waals surface area contributed by atoms with Crippen molar-refractivity contribution >= 4 is 39.1 Å². The molecule has 0 atom stereocenters. The fourth-order valence-electron chi connectivity index (χ4n) is 1.79. The van der Waals surface area contributed by atoms with E-state index in [9.17, 15) is 4.39 Å². The Hall–Kier alpha value is -1.79. The lowest BCUT2D eigenvalue weighted by atomic mass is 10.1. The van der Waals surface area contributed by atoms with Crippen molar-refractivity contribution in [3.63, 3.8) is 0 Å². The van der Waals surface area contributed by atoms with Crippen LogP contribution in [0.2, 0.25) is 5.02 Å². The molecule has 0 aliphatic carbocycles. The van der Waals surface area contributed by atoms with Gasteiger partial charge in [0.05, 0.1) is 11.3 Å². The summed E-state index contributed by atoms with van der Waals surface area (Å²) in [7, 11) is 0. The molecule has 2 rings (SSSR count). The maximum atomic E-state index is 14.2. The minimum Gasteiger partial charge on any atom is -0.409 e. The Kier molecular flexibility index (Phi) is 5.03. The molecule has 0 aromatic heterocycles. The molecule has 110 valence electrons. The van der Waals surface area contributed by atoms with Crippen molar-refractivity contribution in [2.75, 3.05) is 5.32 Å². The molecular weight excluding hydrogens is 361 g/mol. The first-order valence-electron chi connectivity index (χ1n) is 5.97. The van der Waals surface area contributed by atoms with E-state index in [0.717, 1.165) is 10.2 Å². The van der Waals surface area contributed by atoms with Crippen molar-refractivity contribution in [1.82, 2.24) is 0 Å². The van der Waals surface area contributed by atoms with Gasteiger partial charge in [-0.3, -0.25) is 0 Å². The lowest BCUT2D eigenvalue weighted by molar-refractivity contribution is 0.318. The molecule has 7 heteroatoms. The van der Waals surface area contributed by atoms with Gasteiger partial charge in [0.2, 0.25) is 0 Å². The van der Waals surface area contributed by atoms with E-state index < -0.39 is 5.82 Å². The standard InChI is InChI=1S/C14H12BrClFN3O/c15-11-5-4-9(16)6-12(11)19-7-8-2-1-3-10(13(8)17)14(18)20-21/h1-6,19,21H,7H2,(H2,18,20). The number of hydrogen-bond donors (Lipinski definition) is 3. The Bertz CT molecular complexity index is 694. The quantitative estimate of drug-likeness (QED) is 0.329. The Morgan fingerprint density at radius 3 is 2.86 bits per heavy atom. The summed E-state index contributed by atoms with van der Waals surface area (Å²) in [4.78, 5) is 0. The van der Waals surface area contributed by atoms with E-state index in [1.807, 2.05) is 0 Å². The van der Waals surface area contributed by atoms with Crippen LogP contribution in [0.3, 0.4) is 0 Å². The molecule has 0 fully saturated rings. The predicted molar refractivity (Wildman–Crippen MR) is 85.4 cm³/mol. The lowest BCUT2D eigenvalue weighted by Crippen LogP contribution is -2.16. The smallest absolute Gasteiger partial charge is 0.173 e. The molecule has 4 nitrogen and oxygen atoms in total. The predicted octanol–water partition coefficient (Wildman–Crippen LogP) is 3.95. The summed E-state index contributed by atoms with van der Waals surface area (Å²) in [5.41, 5.74) is 6.63. The van der Waals surface area contributed by atoms with Crippen LogP contribution in [0.25, 0.3) is 0 Å². The first-order chi connectivity index (χ1) is 10.0. The van der Waals surface area contributed by atoms with Crippen LogP contribution in [0.1, 0.15) is 11.1 Å². The summed E-state index contributed by atoms with van der Waals surface area (Å²) in [6.07, 6.45) is 0. The molecule has 21 heavy (non-hydrogen) atoms. The Morgan fingerprint density at radius 1 is 1.38 bits per heavy atom. The van der Waals surface area contributed by atoms with Gasteiger partial charge < -0.3 is 16.3 Å². The number of amidine groups is 1. The summed E-state index contributed by atoms with van der Waals surface area (Å²) in [5, 5.41) is 15.1. The maximum Gasteiger partial charge on any atom is 0.173 e. The number of nitrogens with one attached hydrogen (secondary N) is 1. The number of benzene rings is 2. The van der Waals surface area contributed by atoms with Crippen molar-refractivity contribution in [3.8, 4) is 0 Å². The normalized spacial score (nSPS) is 11.5. The lowest BCUT2D eigenvalue weighted by Gasteiger charge is -2.11. The molecule has 2 aromatic rings. The van der Waals surface area contributed by atoms with Gasteiger partial charge in [-0.25, -0.2) is 4.39 Å². The van der Waals surface area contributed by atoms with Gasteiger partial charge in [-0.05, 0) is 40.2 Å². The Balaban J connectivity index is 2.23. The first-order valence-corrected chi connectivity index (χ1v) is 7.14. The van der Waals surface area contributed by atoms with Gasteiger partial charge in [0.1, 0.15) is 5.82 Å². The van der Waals surface area contributed by atoms with Crippen LogP contribution in [0.4, 0.5) is 10.1 Å². The number of hydrogen-bond acceptors (Lipinski definition) is 3. The molecule has 0 unspecified atom stereocenters. The van der Waals surface area contributed by atoms with Gasteiger partial charge >= 0.3 is 0 Å². The van der Waals surface area contributed by atoms with E-state index in [1.165, 1.54) is 6.07 Å². The monoisotopic (exact) mass is 371 g/mol. The van der Waals surface area contributed by atoms with Crippen LogP contribution in [-0.2, 0) is 6.54 Å². The zero-order chi connectivity index (χ0) is 15.4. The minimum atomic E-state index is -0.529. The third kappa shape index (κ3) is 3.65. The van der Waals surface area contributed by atoms with Crippen molar-refractivity contribution in [2.24, 2.45) is 10.9 Å². The highest BCUT2D eigenvalue weighted by molar-refractivity contribution is 9.10. The second-order valence-corrected chi connectivity index (χ2v) is 5.53. The van der Waals surface area contributed by atoms with E-state index >= 15 is 0 Å². The average molecular weight is 373 g/mol. The number of rotatable bonds is 4. The molecule has 4 N–H and O–H groups in total. The molecule has 0 saturated carbocycles. The summed E-state index contributed by atoms with van der Waals surface area (Å²) >= 11 is 9.30. The molecule has 0 radical (unpaired) electrons. The van der Waals surface area contributed by atoms with Gasteiger partial charge in [0.15, 0.2) is 5.84 Å². The third-order valence-electron chi connectivity index (χ3n) is 2.86. The van der Waals surface area contributed by atoms with Crippen molar-refractivity contribution in [3.05, 3.63) is 62.8 Å². The Labute approximate surface area is 134 Å². The zero-order valence-electron chi connectivity index (χ0n) is 10.8. The number of halogens is 3. The van der Waals surface area contributed by atoms with Gasteiger partial charge in [0, 0.05) is 21.6 Å². The van der Waals surface area contributed by atoms with Crippen LogP contribution in [0, 0.1) is 5.82 Å². The van der Waals surface area contributed by atoms with E-state index in [0.29, 0.717) is 10.6 Å². The highest BCUT2D eigenvalue weighted by atomic mass is 79.9. The van der Waals surface area contributed by atoms with Crippen molar-refractivity contribution < 1.29 is 9.60 Å². The molecule has 2 aromatic carbocycles. The number of nitrogens with two attached hydrogens (primary N) is 1. The number of anilines is 1. The molecule has 0 saturated heterocycles. The number of oxime groups is 1. The van der Waals surface area contributed by atoms with Crippen LogP contribution in [-0.4, -0.2) is 11.0 Å². The first kappa shape index (κ1) is 15.6. The largest absolute Gasteiger partial charge is 0.409 e. The molecule has 0 spiro atoms. The third-order valence-corrected chi connectivity index (χ3v) is 3.79. The SMILES string of the molecule is N/C(=N/O)c1cccc(CNc2cc(Cl)ccc2Br)c1F. The second kappa shape index (κ2) is 6.78. The molecule has 0 bridgehead atoms. The molecule has 0 amide bonds. The van der Waals surface area contributed by atoms with E-state index in [2.05, 4.69) is 26.4 Å². The van der Waals surface area contributed by atoms with Crippen molar-refractivity contribution in [2.45, 2.75) is 6.54 Å². The zero-order valence-corrected chi connectivity index (χ0v) is 13.1. The molecular formula is C14H12BrClFN3O. The highest BCUT2D eigenvalue weighted by Crippen LogP contribution is 2.26. The molecule has 0 aliphatic rings. The summed E-state index contributed by atoms with van der Waals surface area (Å²) < 4.78 is 15.1. The van der Waals surface area contributed by atoms with Crippen LogP contribution in [0.5, 0.6) is 0 Å². The van der Waals surface area contributed by atoms with Crippen LogP contribution >= 0.6 is 27.5 Å². The highest BCUT2D eigenvalue weighted by Gasteiger charge is 2.11. The summed E-state index contributed by atoms with van der Waals surface area (Å²) in [6, 6.07) is 9.99. The fourth-order valence-corrected chi connectivity index (χ4v) is 2.35. The van der Waals surface area contributed by atoms with Gasteiger partial charge in [-0.2, -0.15) is 0 Å².